The molecule has 20 heavy (non-hydrogen) atoms. The van der Waals surface area contributed by atoms with Gasteiger partial charge in [0, 0.05) is 6.08 Å². The summed E-state index contributed by atoms with van der Waals surface area (Å²) in [6.45, 7) is 9.90. The van der Waals surface area contributed by atoms with Gasteiger partial charge in [-0.05, 0) is 5.41 Å². The molecule has 0 aromatic heterocycles. The van der Waals surface area contributed by atoms with E-state index in [2.05, 4.69) is 11.7 Å². The first-order valence-corrected chi connectivity index (χ1v) is 6.36. The molecule has 1 atom stereocenters. The Morgan fingerprint density at radius 2 is 2.30 bits per heavy atom. The normalized spacial score (nSPS) is 21.4. The van der Waals surface area contributed by atoms with E-state index in [1.165, 1.54) is 12.0 Å². The zero-order valence-corrected chi connectivity index (χ0v) is 12.4. The third-order valence-electron chi connectivity index (χ3n) is 2.92. The average Bonchev–Trinajstić information content (AvgIpc) is 2.36. The summed E-state index contributed by atoms with van der Waals surface area (Å²) in [5, 5.41) is 13.4. The largest absolute Gasteiger partial charge is 0.499 e. The Morgan fingerprint density at radius 1 is 1.65 bits per heavy atom. The lowest BCUT2D eigenvalue weighted by Gasteiger charge is -2.40. The van der Waals surface area contributed by atoms with Gasteiger partial charge in [0.25, 0.3) is 0 Å². The molecule has 0 fully saturated rings. The lowest BCUT2D eigenvalue weighted by atomic mass is 9.81. The number of ether oxygens (including phenoxy) is 1. The van der Waals surface area contributed by atoms with Crippen LogP contribution in [0.3, 0.4) is 0 Å². The third-order valence-corrected chi connectivity index (χ3v) is 2.92. The molecule has 1 aliphatic heterocycles. The summed E-state index contributed by atoms with van der Waals surface area (Å²) < 4.78 is 5.17. The second kappa shape index (κ2) is 6.45. The van der Waals surface area contributed by atoms with Crippen LogP contribution in [0.2, 0.25) is 0 Å². The van der Waals surface area contributed by atoms with Gasteiger partial charge in [0.2, 0.25) is 0 Å². The van der Waals surface area contributed by atoms with Crippen molar-refractivity contribution in [1.29, 1.82) is 0 Å². The molecule has 1 unspecified atom stereocenters. The first-order chi connectivity index (χ1) is 9.31. The molecule has 0 saturated heterocycles. The van der Waals surface area contributed by atoms with Gasteiger partial charge in [-0.1, -0.05) is 38.6 Å². The number of carboxylic acid groups (broad SMARTS) is 1. The number of hydrogen-bond donors (Lipinski definition) is 1. The van der Waals surface area contributed by atoms with Crippen LogP contribution in [-0.4, -0.2) is 48.1 Å². The highest BCUT2D eigenvalue weighted by atomic mass is 16.6. The van der Waals surface area contributed by atoms with Crippen LogP contribution in [0.4, 0.5) is 4.79 Å². The topological polar surface area (TPSA) is 71.4 Å². The second-order valence-corrected chi connectivity index (χ2v) is 5.59. The number of rotatable bonds is 4. The third kappa shape index (κ3) is 3.76. The Kier molecular flexibility index (Phi) is 5.19. The monoisotopic (exact) mass is 282 g/mol. The van der Waals surface area contributed by atoms with Gasteiger partial charge in [0.05, 0.1) is 19.7 Å². The SMILES string of the molecule is C=CCON=C1C=C(OC)CN(C(=O)O)C1C(C)(C)C. The van der Waals surface area contributed by atoms with E-state index < -0.39 is 12.1 Å². The molecule has 0 saturated carbocycles. The Bertz CT molecular complexity index is 435. The van der Waals surface area contributed by atoms with E-state index in [-0.39, 0.29) is 18.6 Å². The number of methoxy groups -OCH3 is 1. The molecule has 0 spiro atoms. The molecule has 1 heterocycles. The summed E-state index contributed by atoms with van der Waals surface area (Å²) in [5.41, 5.74) is 0.217. The van der Waals surface area contributed by atoms with Crippen molar-refractivity contribution >= 4 is 11.8 Å². The van der Waals surface area contributed by atoms with Crippen LogP contribution >= 0.6 is 0 Å². The summed E-state index contributed by atoms with van der Waals surface area (Å²) in [5.74, 6) is 0.536. The van der Waals surface area contributed by atoms with E-state index in [1.54, 1.807) is 12.2 Å². The average molecular weight is 282 g/mol. The fourth-order valence-electron chi connectivity index (χ4n) is 2.16. The predicted octanol–water partition coefficient (Wildman–Crippen LogP) is 2.48. The van der Waals surface area contributed by atoms with Gasteiger partial charge in [0.15, 0.2) is 0 Å². The summed E-state index contributed by atoms with van der Waals surface area (Å²) in [4.78, 5) is 17.9. The van der Waals surface area contributed by atoms with Crippen molar-refractivity contribution in [2.45, 2.75) is 26.8 Å². The fraction of sp³-hybridized carbons (Fsp3) is 0.571. The van der Waals surface area contributed by atoms with Crippen molar-refractivity contribution in [1.82, 2.24) is 4.90 Å². The first kappa shape index (κ1) is 16.1. The second-order valence-electron chi connectivity index (χ2n) is 5.59. The molecule has 1 N–H and O–H groups in total. The van der Waals surface area contributed by atoms with Crippen molar-refractivity contribution in [3.05, 3.63) is 24.5 Å². The molecule has 0 aromatic rings. The molecule has 6 nitrogen and oxygen atoms in total. The maximum Gasteiger partial charge on any atom is 0.408 e. The van der Waals surface area contributed by atoms with Gasteiger partial charge in [-0.15, -0.1) is 0 Å². The van der Waals surface area contributed by atoms with Crippen LogP contribution in [0, 0.1) is 5.41 Å². The molecule has 1 aliphatic rings. The van der Waals surface area contributed by atoms with E-state index in [9.17, 15) is 9.90 Å². The quantitative estimate of drug-likeness (QED) is 0.488. The van der Waals surface area contributed by atoms with Crippen molar-refractivity contribution in [2.24, 2.45) is 10.6 Å². The van der Waals surface area contributed by atoms with Crippen molar-refractivity contribution < 1.29 is 19.5 Å². The Balaban J connectivity index is 3.20. The molecular formula is C14H22N2O4. The predicted molar refractivity (Wildman–Crippen MR) is 76.6 cm³/mol. The maximum absolute atomic E-state index is 11.5. The van der Waals surface area contributed by atoms with Crippen LogP contribution < -0.4 is 0 Å². The zero-order chi connectivity index (χ0) is 15.3. The van der Waals surface area contributed by atoms with E-state index in [0.717, 1.165) is 0 Å². The standard InChI is InChI=1S/C14H22N2O4/c1-6-7-20-15-11-8-10(19-5)9-16(13(17)18)12(11)14(2,3)4/h6,8,12H,1,7,9H2,2-5H3,(H,17,18). The highest BCUT2D eigenvalue weighted by Gasteiger charge is 2.40. The molecule has 1 rings (SSSR count). The molecule has 1 amide bonds. The van der Waals surface area contributed by atoms with Gasteiger partial charge in [0.1, 0.15) is 18.1 Å². The number of amides is 1. The van der Waals surface area contributed by atoms with Crippen LogP contribution in [0.1, 0.15) is 20.8 Å². The van der Waals surface area contributed by atoms with Crippen LogP contribution in [0.15, 0.2) is 29.6 Å². The minimum atomic E-state index is -1.01. The molecule has 0 aromatic carbocycles. The van der Waals surface area contributed by atoms with E-state index >= 15 is 0 Å². The zero-order valence-electron chi connectivity index (χ0n) is 12.4. The molecule has 0 bridgehead atoms. The highest BCUT2D eigenvalue weighted by molar-refractivity contribution is 6.02. The van der Waals surface area contributed by atoms with Crippen LogP contribution in [-0.2, 0) is 9.57 Å². The lowest BCUT2D eigenvalue weighted by molar-refractivity contribution is 0.0957. The van der Waals surface area contributed by atoms with Crippen molar-refractivity contribution in [3.8, 4) is 0 Å². The number of oxime groups is 1. The summed E-state index contributed by atoms with van der Waals surface area (Å²) >= 11 is 0. The Labute approximate surface area is 119 Å². The number of nitrogens with zero attached hydrogens (tertiary/aromatic N) is 2. The lowest BCUT2D eigenvalue weighted by Crippen LogP contribution is -2.54. The van der Waals surface area contributed by atoms with Gasteiger partial charge in [-0.25, -0.2) is 4.79 Å². The van der Waals surface area contributed by atoms with Crippen LogP contribution in [0.25, 0.3) is 0 Å². The minimum Gasteiger partial charge on any atom is -0.499 e. The van der Waals surface area contributed by atoms with E-state index in [4.69, 9.17) is 9.57 Å². The Hall–Kier alpha value is -1.98. The smallest absolute Gasteiger partial charge is 0.408 e. The molecular weight excluding hydrogens is 260 g/mol. The van der Waals surface area contributed by atoms with Gasteiger partial charge in [-0.2, -0.15) is 0 Å². The maximum atomic E-state index is 11.5. The summed E-state index contributed by atoms with van der Waals surface area (Å²) in [6.07, 6.45) is 2.30. The van der Waals surface area contributed by atoms with E-state index in [1.807, 2.05) is 20.8 Å². The highest BCUT2D eigenvalue weighted by Crippen LogP contribution is 2.30. The van der Waals surface area contributed by atoms with Gasteiger partial charge < -0.3 is 14.7 Å². The van der Waals surface area contributed by atoms with E-state index in [0.29, 0.717) is 11.5 Å². The number of carbonyl (C=O) groups is 1. The molecule has 112 valence electrons. The van der Waals surface area contributed by atoms with Crippen molar-refractivity contribution in [2.75, 3.05) is 20.3 Å². The fourth-order valence-corrected chi connectivity index (χ4v) is 2.16. The van der Waals surface area contributed by atoms with Gasteiger partial charge >= 0.3 is 6.09 Å². The summed E-state index contributed by atoms with van der Waals surface area (Å²) in [6, 6.07) is -0.399. The summed E-state index contributed by atoms with van der Waals surface area (Å²) in [7, 11) is 1.51. The minimum absolute atomic E-state index is 0.203. The number of hydrogen-bond acceptors (Lipinski definition) is 4. The Morgan fingerprint density at radius 3 is 2.75 bits per heavy atom. The first-order valence-electron chi connectivity index (χ1n) is 6.36. The molecule has 0 radical (unpaired) electrons. The molecule has 0 aliphatic carbocycles. The molecule has 6 heteroatoms. The van der Waals surface area contributed by atoms with Crippen molar-refractivity contribution in [3.63, 3.8) is 0 Å². The van der Waals surface area contributed by atoms with Crippen LogP contribution in [0.5, 0.6) is 0 Å². The van der Waals surface area contributed by atoms with Gasteiger partial charge in [-0.3, -0.25) is 4.90 Å².